The van der Waals surface area contributed by atoms with E-state index in [0.29, 0.717) is 18.7 Å². The molecule has 0 spiro atoms. The number of unbranched alkanes of at least 4 members (excludes halogenated alkanes) is 1. The molecule has 0 aliphatic carbocycles. The van der Waals surface area contributed by atoms with Crippen molar-refractivity contribution in [2.24, 2.45) is 0 Å². The minimum atomic E-state index is 0.115. The van der Waals surface area contributed by atoms with Crippen molar-refractivity contribution >= 4 is 11.0 Å². The Balaban J connectivity index is 1.58. The molecule has 0 aliphatic heterocycles. The fourth-order valence-corrected chi connectivity index (χ4v) is 5.19. The molecule has 0 amide bonds. The molecular formula is C35H47N3O2. The summed E-state index contributed by atoms with van der Waals surface area (Å²) in [5, 5.41) is 0. The number of nitrogens with zero attached hydrogens (tertiary/aromatic N) is 3. The smallest absolute Gasteiger partial charge is 0.141 e. The van der Waals surface area contributed by atoms with Gasteiger partial charge in [-0.05, 0) is 81.5 Å². The molecule has 0 atom stereocenters. The fraction of sp³-hybridized carbons (Fsp3) is 0.457. The Labute approximate surface area is 241 Å². The molecule has 1 aromatic heterocycles. The largest absolute Gasteiger partial charge is 0.492 e. The maximum atomic E-state index is 6.26. The number of hydrogen-bond acceptors (Lipinski definition) is 4. The third-order valence-corrected chi connectivity index (χ3v) is 7.45. The molecule has 0 aliphatic rings. The molecule has 4 rings (SSSR count). The van der Waals surface area contributed by atoms with Crippen LogP contribution in [0.25, 0.3) is 22.4 Å². The van der Waals surface area contributed by atoms with Gasteiger partial charge in [0.05, 0.1) is 11.0 Å². The van der Waals surface area contributed by atoms with Crippen LogP contribution in [0, 0.1) is 0 Å². The normalized spacial score (nSPS) is 12.2. The summed E-state index contributed by atoms with van der Waals surface area (Å²) in [6.45, 7) is 20.3. The van der Waals surface area contributed by atoms with Crippen LogP contribution in [-0.4, -0.2) is 39.7 Å². The molecule has 1 heterocycles. The molecule has 5 nitrogen and oxygen atoms in total. The van der Waals surface area contributed by atoms with Crippen molar-refractivity contribution in [3.8, 4) is 28.6 Å². The summed E-state index contributed by atoms with van der Waals surface area (Å²) < 4.78 is 14.8. The summed E-state index contributed by atoms with van der Waals surface area (Å²) in [5.74, 6) is 3.48. The molecule has 0 unspecified atom stereocenters. The van der Waals surface area contributed by atoms with Crippen LogP contribution >= 0.6 is 0 Å². The van der Waals surface area contributed by atoms with Crippen molar-refractivity contribution in [3.63, 3.8) is 0 Å². The molecule has 4 aromatic rings. The van der Waals surface area contributed by atoms with Crippen LogP contribution < -0.4 is 9.47 Å². The molecule has 0 N–H and O–H groups in total. The second-order valence-electron chi connectivity index (χ2n) is 12.3. The number of aromatic nitrogens is 2. The molecule has 0 saturated heterocycles. The Morgan fingerprint density at radius 2 is 1.55 bits per heavy atom. The number of hydrogen-bond donors (Lipinski definition) is 0. The Bertz CT molecular complexity index is 1370. The van der Waals surface area contributed by atoms with Crippen LogP contribution in [0.4, 0.5) is 0 Å². The van der Waals surface area contributed by atoms with E-state index in [9.17, 15) is 0 Å². The molecule has 5 heteroatoms. The van der Waals surface area contributed by atoms with E-state index in [1.165, 1.54) is 5.56 Å². The second-order valence-corrected chi connectivity index (χ2v) is 12.3. The van der Waals surface area contributed by atoms with Gasteiger partial charge in [0.2, 0.25) is 0 Å². The number of benzene rings is 3. The average Bonchev–Trinajstić information content (AvgIpc) is 3.27. The molecule has 0 fully saturated rings. The zero-order valence-corrected chi connectivity index (χ0v) is 25.7. The van der Waals surface area contributed by atoms with Crippen LogP contribution in [0.3, 0.4) is 0 Å². The first-order valence-corrected chi connectivity index (χ1v) is 14.8. The maximum absolute atomic E-state index is 6.26. The molecular weight excluding hydrogens is 494 g/mol. The van der Waals surface area contributed by atoms with Gasteiger partial charge < -0.3 is 14.0 Å². The molecule has 214 valence electrons. The van der Waals surface area contributed by atoms with Gasteiger partial charge in [0, 0.05) is 36.8 Å². The van der Waals surface area contributed by atoms with Crippen LogP contribution in [0.2, 0.25) is 0 Å². The summed E-state index contributed by atoms with van der Waals surface area (Å²) in [6, 6.07) is 23.9. The van der Waals surface area contributed by atoms with Gasteiger partial charge in [0.25, 0.3) is 0 Å². The Hall–Kier alpha value is -3.31. The van der Waals surface area contributed by atoms with Gasteiger partial charge in [-0.1, -0.05) is 58.4 Å². The topological polar surface area (TPSA) is 39.5 Å². The van der Waals surface area contributed by atoms with Gasteiger partial charge in [0.15, 0.2) is 0 Å². The van der Waals surface area contributed by atoms with E-state index in [-0.39, 0.29) is 5.41 Å². The number of fused-ring (bicyclic) bond motifs is 1. The van der Waals surface area contributed by atoms with E-state index < -0.39 is 0 Å². The standard InChI is InChI=1S/C35H47N3O2/c1-9-10-20-38-33-24-30(39-22-21-37(25(2)3)26(4)5)18-19-32(33)36-34(38)27-12-11-13-31(23-27)40-29-16-14-28(15-17-29)35(6,7)8/h11-19,23-26H,9-10,20-22H2,1-8H3. The highest BCUT2D eigenvalue weighted by molar-refractivity contribution is 5.82. The number of ether oxygens (including phenoxy) is 2. The first kappa shape index (κ1) is 29.7. The van der Waals surface area contributed by atoms with Gasteiger partial charge in [-0.2, -0.15) is 0 Å². The average molecular weight is 542 g/mol. The minimum Gasteiger partial charge on any atom is -0.492 e. The van der Waals surface area contributed by atoms with Gasteiger partial charge in [-0.15, -0.1) is 0 Å². The lowest BCUT2D eigenvalue weighted by molar-refractivity contribution is 0.142. The summed E-state index contributed by atoms with van der Waals surface area (Å²) in [6.07, 6.45) is 2.20. The van der Waals surface area contributed by atoms with E-state index in [2.05, 4.69) is 101 Å². The summed E-state index contributed by atoms with van der Waals surface area (Å²) >= 11 is 0. The zero-order valence-electron chi connectivity index (χ0n) is 25.7. The van der Waals surface area contributed by atoms with Crippen LogP contribution in [0.5, 0.6) is 17.2 Å². The molecule has 3 aromatic carbocycles. The monoisotopic (exact) mass is 541 g/mol. The quantitative estimate of drug-likeness (QED) is 0.179. The predicted molar refractivity (Wildman–Crippen MR) is 168 cm³/mol. The summed E-state index contributed by atoms with van der Waals surface area (Å²) in [4.78, 5) is 7.52. The third kappa shape index (κ3) is 7.25. The first-order valence-electron chi connectivity index (χ1n) is 14.8. The predicted octanol–water partition coefficient (Wildman–Crippen LogP) is 9.09. The van der Waals surface area contributed by atoms with E-state index in [1.807, 2.05) is 30.3 Å². The number of imidazole rings is 1. The lowest BCUT2D eigenvalue weighted by atomic mass is 9.87. The summed E-state index contributed by atoms with van der Waals surface area (Å²) in [5.41, 5.74) is 4.54. The van der Waals surface area contributed by atoms with Crippen molar-refractivity contribution in [1.29, 1.82) is 0 Å². The van der Waals surface area contributed by atoms with Gasteiger partial charge >= 0.3 is 0 Å². The van der Waals surface area contributed by atoms with Gasteiger partial charge in [0.1, 0.15) is 29.7 Å². The number of rotatable bonds is 12. The van der Waals surface area contributed by atoms with Crippen LogP contribution in [0.1, 0.15) is 73.8 Å². The second kappa shape index (κ2) is 12.9. The lowest BCUT2D eigenvalue weighted by Gasteiger charge is -2.30. The Morgan fingerprint density at radius 3 is 2.20 bits per heavy atom. The Morgan fingerprint density at radius 1 is 0.850 bits per heavy atom. The zero-order chi connectivity index (χ0) is 28.9. The molecule has 0 bridgehead atoms. The van der Waals surface area contributed by atoms with Crippen molar-refractivity contribution < 1.29 is 9.47 Å². The van der Waals surface area contributed by atoms with Crippen molar-refractivity contribution in [3.05, 3.63) is 72.3 Å². The summed E-state index contributed by atoms with van der Waals surface area (Å²) in [7, 11) is 0. The highest BCUT2D eigenvalue weighted by Crippen LogP contribution is 2.32. The SMILES string of the molecule is CCCCn1c(-c2cccc(Oc3ccc(C(C)(C)C)cc3)c2)nc2ccc(OCCN(C(C)C)C(C)C)cc21. The Kier molecular flexibility index (Phi) is 9.57. The molecule has 0 radical (unpaired) electrons. The van der Waals surface area contributed by atoms with Crippen molar-refractivity contribution in [2.75, 3.05) is 13.2 Å². The van der Waals surface area contributed by atoms with Gasteiger partial charge in [-0.3, -0.25) is 4.90 Å². The first-order chi connectivity index (χ1) is 19.1. The van der Waals surface area contributed by atoms with E-state index in [4.69, 9.17) is 14.5 Å². The van der Waals surface area contributed by atoms with Crippen molar-refractivity contribution in [1.82, 2.24) is 14.5 Å². The van der Waals surface area contributed by atoms with E-state index in [0.717, 1.165) is 65.6 Å². The van der Waals surface area contributed by atoms with Crippen LogP contribution in [0.15, 0.2) is 66.7 Å². The van der Waals surface area contributed by atoms with E-state index >= 15 is 0 Å². The van der Waals surface area contributed by atoms with E-state index in [1.54, 1.807) is 0 Å². The highest BCUT2D eigenvalue weighted by Gasteiger charge is 2.17. The lowest BCUT2D eigenvalue weighted by Crippen LogP contribution is -2.39. The maximum Gasteiger partial charge on any atom is 0.141 e. The van der Waals surface area contributed by atoms with Crippen molar-refractivity contribution in [2.45, 2.75) is 92.3 Å². The van der Waals surface area contributed by atoms with Crippen LogP contribution in [-0.2, 0) is 12.0 Å². The third-order valence-electron chi connectivity index (χ3n) is 7.45. The highest BCUT2D eigenvalue weighted by atomic mass is 16.5. The molecule has 0 saturated carbocycles. The fourth-order valence-electron chi connectivity index (χ4n) is 5.19. The minimum absolute atomic E-state index is 0.115. The molecule has 40 heavy (non-hydrogen) atoms. The number of aryl methyl sites for hydroxylation is 1. The van der Waals surface area contributed by atoms with Gasteiger partial charge in [-0.25, -0.2) is 4.98 Å².